The molecule has 0 saturated carbocycles. The smallest absolute Gasteiger partial charge is 0.246 e. The van der Waals surface area contributed by atoms with E-state index in [0.29, 0.717) is 18.3 Å². The van der Waals surface area contributed by atoms with Gasteiger partial charge in [0.1, 0.15) is 0 Å². The van der Waals surface area contributed by atoms with Crippen molar-refractivity contribution in [2.75, 3.05) is 18.4 Å². The van der Waals surface area contributed by atoms with Crippen molar-refractivity contribution in [2.45, 2.75) is 18.8 Å². The predicted molar refractivity (Wildman–Crippen MR) is 111 cm³/mol. The monoisotopic (exact) mass is 386 g/mol. The largest absolute Gasteiger partial charge is 0.338 e. The number of amides is 1. The fourth-order valence-electron chi connectivity index (χ4n) is 3.45. The zero-order chi connectivity index (χ0) is 19.9. The summed E-state index contributed by atoms with van der Waals surface area (Å²) in [7, 11) is 0. The second-order valence-corrected chi connectivity index (χ2v) is 6.86. The minimum atomic E-state index is 0.0170. The lowest BCUT2D eigenvalue weighted by Gasteiger charge is -2.32. The summed E-state index contributed by atoms with van der Waals surface area (Å²) in [6, 6.07) is 11.6. The van der Waals surface area contributed by atoms with E-state index in [4.69, 9.17) is 0 Å². The predicted octanol–water partition coefficient (Wildman–Crippen LogP) is 3.43. The summed E-state index contributed by atoms with van der Waals surface area (Å²) in [5, 5.41) is 3.15. The number of rotatable bonds is 5. The van der Waals surface area contributed by atoms with Gasteiger partial charge in [-0.05, 0) is 30.5 Å². The Morgan fingerprint density at radius 1 is 1.00 bits per heavy atom. The number of hydrogen-bond acceptors (Lipinski definition) is 6. The SMILES string of the molecule is O=C(/C=C/c1ccccc1)N1CCCC(c2nccnc2Nc2ncccn2)C1. The molecule has 1 atom stereocenters. The molecular formula is C22H22N6O. The Hall–Kier alpha value is -3.61. The van der Waals surface area contributed by atoms with E-state index in [9.17, 15) is 4.79 Å². The summed E-state index contributed by atoms with van der Waals surface area (Å²) < 4.78 is 0. The third-order valence-electron chi connectivity index (χ3n) is 4.86. The van der Waals surface area contributed by atoms with Gasteiger partial charge in [0.25, 0.3) is 0 Å². The van der Waals surface area contributed by atoms with Crippen LogP contribution in [-0.2, 0) is 4.79 Å². The van der Waals surface area contributed by atoms with Gasteiger partial charge in [-0.1, -0.05) is 30.3 Å². The van der Waals surface area contributed by atoms with Gasteiger partial charge in [0.15, 0.2) is 5.82 Å². The summed E-state index contributed by atoms with van der Waals surface area (Å²) >= 11 is 0. The van der Waals surface area contributed by atoms with Crippen molar-refractivity contribution in [1.82, 2.24) is 24.8 Å². The van der Waals surface area contributed by atoms with Crippen molar-refractivity contribution in [2.24, 2.45) is 0 Å². The van der Waals surface area contributed by atoms with Crippen LogP contribution in [0.3, 0.4) is 0 Å². The van der Waals surface area contributed by atoms with Gasteiger partial charge < -0.3 is 10.2 Å². The molecule has 4 rings (SSSR count). The number of aromatic nitrogens is 4. The first-order chi connectivity index (χ1) is 14.3. The second kappa shape index (κ2) is 9.05. The van der Waals surface area contributed by atoms with Crippen LogP contribution in [0.2, 0.25) is 0 Å². The fourth-order valence-corrected chi connectivity index (χ4v) is 3.45. The fraction of sp³-hybridized carbons (Fsp3) is 0.227. The highest BCUT2D eigenvalue weighted by Gasteiger charge is 2.27. The maximum atomic E-state index is 12.7. The van der Waals surface area contributed by atoms with Crippen LogP contribution in [0, 0.1) is 0 Å². The molecule has 1 saturated heterocycles. The molecule has 0 spiro atoms. The molecule has 1 aliphatic rings. The summed E-state index contributed by atoms with van der Waals surface area (Å²) in [4.78, 5) is 31.9. The summed E-state index contributed by atoms with van der Waals surface area (Å²) in [6.07, 6.45) is 12.0. The lowest BCUT2D eigenvalue weighted by Crippen LogP contribution is -2.38. The molecule has 0 aliphatic carbocycles. The number of likely N-dealkylation sites (tertiary alicyclic amines) is 1. The van der Waals surface area contributed by atoms with E-state index in [0.717, 1.165) is 30.6 Å². The maximum Gasteiger partial charge on any atom is 0.246 e. The minimum absolute atomic E-state index is 0.0170. The molecule has 0 radical (unpaired) electrons. The Bertz CT molecular complexity index is 977. The number of piperidine rings is 1. The number of hydrogen-bond donors (Lipinski definition) is 1. The Kier molecular flexibility index (Phi) is 5.85. The first kappa shape index (κ1) is 18.7. The summed E-state index contributed by atoms with van der Waals surface area (Å²) in [6.45, 7) is 1.36. The molecular weight excluding hydrogens is 364 g/mol. The van der Waals surface area contributed by atoms with Crippen LogP contribution in [0.5, 0.6) is 0 Å². The van der Waals surface area contributed by atoms with Crippen LogP contribution < -0.4 is 5.32 Å². The molecule has 29 heavy (non-hydrogen) atoms. The first-order valence-corrected chi connectivity index (χ1v) is 9.66. The molecule has 1 aliphatic heterocycles. The van der Waals surface area contributed by atoms with Gasteiger partial charge in [0.2, 0.25) is 11.9 Å². The molecule has 146 valence electrons. The number of carbonyl (C=O) groups excluding carboxylic acids is 1. The molecule has 3 heterocycles. The van der Waals surface area contributed by atoms with Crippen LogP contribution in [-0.4, -0.2) is 43.8 Å². The lowest BCUT2D eigenvalue weighted by atomic mass is 9.94. The number of nitrogens with zero attached hydrogens (tertiary/aromatic N) is 5. The minimum Gasteiger partial charge on any atom is -0.338 e. The molecule has 7 heteroatoms. The molecule has 7 nitrogen and oxygen atoms in total. The van der Waals surface area contributed by atoms with Crippen molar-refractivity contribution in [3.63, 3.8) is 0 Å². The van der Waals surface area contributed by atoms with Crippen molar-refractivity contribution in [3.05, 3.63) is 78.5 Å². The number of nitrogens with one attached hydrogen (secondary N) is 1. The summed E-state index contributed by atoms with van der Waals surface area (Å²) in [5.41, 5.74) is 1.85. The molecule has 2 aromatic heterocycles. The highest BCUT2D eigenvalue weighted by Crippen LogP contribution is 2.30. The average Bonchev–Trinajstić information content (AvgIpc) is 2.79. The van der Waals surface area contributed by atoms with Crippen LogP contribution in [0.15, 0.2) is 67.3 Å². The molecule has 1 N–H and O–H groups in total. The Balaban J connectivity index is 1.47. The molecule has 1 fully saturated rings. The quantitative estimate of drug-likeness (QED) is 0.677. The van der Waals surface area contributed by atoms with Crippen molar-refractivity contribution >= 4 is 23.7 Å². The zero-order valence-corrected chi connectivity index (χ0v) is 16.0. The third kappa shape index (κ3) is 4.82. The Morgan fingerprint density at radius 3 is 2.62 bits per heavy atom. The van der Waals surface area contributed by atoms with E-state index in [1.54, 1.807) is 36.9 Å². The normalized spacial score (nSPS) is 16.7. The van der Waals surface area contributed by atoms with E-state index < -0.39 is 0 Å². The number of anilines is 2. The van der Waals surface area contributed by atoms with Crippen LogP contribution in [0.25, 0.3) is 6.08 Å². The van der Waals surface area contributed by atoms with Gasteiger partial charge in [-0.3, -0.25) is 9.78 Å². The second-order valence-electron chi connectivity index (χ2n) is 6.86. The third-order valence-corrected chi connectivity index (χ3v) is 4.86. The highest BCUT2D eigenvalue weighted by atomic mass is 16.2. The van der Waals surface area contributed by atoms with Crippen molar-refractivity contribution < 1.29 is 4.79 Å². The van der Waals surface area contributed by atoms with Crippen LogP contribution in [0.4, 0.5) is 11.8 Å². The first-order valence-electron chi connectivity index (χ1n) is 9.66. The molecule has 3 aromatic rings. The average molecular weight is 386 g/mol. The zero-order valence-electron chi connectivity index (χ0n) is 16.0. The van der Waals surface area contributed by atoms with E-state index in [-0.39, 0.29) is 11.8 Å². The van der Waals surface area contributed by atoms with Gasteiger partial charge in [-0.2, -0.15) is 0 Å². The standard InChI is InChI=1S/C22H22N6O/c29-19(10-9-17-6-2-1-3-7-17)28-15-4-8-18(16-28)20-21(24-14-13-23-20)27-22-25-11-5-12-26-22/h1-3,5-7,9-14,18H,4,8,15-16H2,(H,24,25,26,27)/b10-9+. The molecule has 1 aromatic carbocycles. The van der Waals surface area contributed by atoms with Gasteiger partial charge in [0, 0.05) is 49.9 Å². The topological polar surface area (TPSA) is 83.9 Å². The summed E-state index contributed by atoms with van der Waals surface area (Å²) in [5.74, 6) is 1.24. The van der Waals surface area contributed by atoms with E-state index in [2.05, 4.69) is 25.3 Å². The Labute approximate surface area is 169 Å². The van der Waals surface area contributed by atoms with Gasteiger partial charge in [-0.25, -0.2) is 15.0 Å². The number of carbonyl (C=O) groups is 1. The van der Waals surface area contributed by atoms with Gasteiger partial charge in [0.05, 0.1) is 5.69 Å². The van der Waals surface area contributed by atoms with Crippen LogP contribution >= 0.6 is 0 Å². The van der Waals surface area contributed by atoms with Gasteiger partial charge >= 0.3 is 0 Å². The van der Waals surface area contributed by atoms with Crippen LogP contribution in [0.1, 0.15) is 30.0 Å². The molecule has 0 bridgehead atoms. The Morgan fingerprint density at radius 2 is 1.79 bits per heavy atom. The number of benzene rings is 1. The lowest BCUT2D eigenvalue weighted by molar-refractivity contribution is -0.127. The van der Waals surface area contributed by atoms with E-state index in [1.807, 2.05) is 41.3 Å². The highest BCUT2D eigenvalue weighted by molar-refractivity contribution is 5.91. The maximum absolute atomic E-state index is 12.7. The molecule has 1 unspecified atom stereocenters. The van der Waals surface area contributed by atoms with E-state index >= 15 is 0 Å². The van der Waals surface area contributed by atoms with Gasteiger partial charge in [-0.15, -0.1) is 0 Å². The van der Waals surface area contributed by atoms with Crippen molar-refractivity contribution in [3.8, 4) is 0 Å². The van der Waals surface area contributed by atoms with Crippen molar-refractivity contribution in [1.29, 1.82) is 0 Å². The van der Waals surface area contributed by atoms with E-state index in [1.165, 1.54) is 0 Å². The molecule has 1 amide bonds.